The summed E-state index contributed by atoms with van der Waals surface area (Å²) in [5.74, 6) is 1.75. The number of likely N-dealkylation sites (N-methyl/N-ethyl adjacent to an activating group) is 1. The van der Waals surface area contributed by atoms with Crippen LogP contribution in [0.2, 0.25) is 0 Å². The van der Waals surface area contributed by atoms with Crippen LogP contribution in [0.15, 0.2) is 46.9 Å². The van der Waals surface area contributed by atoms with Gasteiger partial charge in [0, 0.05) is 17.5 Å². The molecule has 0 aliphatic rings. The third kappa shape index (κ3) is 3.17. The second kappa shape index (κ2) is 6.34. The van der Waals surface area contributed by atoms with Gasteiger partial charge in [0.1, 0.15) is 11.5 Å². The van der Waals surface area contributed by atoms with E-state index >= 15 is 0 Å². The maximum atomic E-state index is 9.44. The fourth-order valence-electron chi connectivity index (χ4n) is 2.65. The molecule has 0 saturated carbocycles. The Morgan fingerprint density at radius 1 is 1.09 bits per heavy atom. The lowest BCUT2D eigenvalue weighted by Crippen LogP contribution is -2.15. The Kier molecular flexibility index (Phi) is 4.26. The molecule has 0 aliphatic carbocycles. The van der Waals surface area contributed by atoms with Crippen molar-refractivity contribution in [1.29, 1.82) is 0 Å². The van der Waals surface area contributed by atoms with Crippen LogP contribution in [0.25, 0.3) is 22.3 Å². The van der Waals surface area contributed by atoms with Crippen LogP contribution in [0, 0.1) is 0 Å². The average Bonchev–Trinajstić information content (AvgIpc) is 2.98. The van der Waals surface area contributed by atoms with Crippen molar-refractivity contribution in [1.82, 2.24) is 4.90 Å². The van der Waals surface area contributed by atoms with Gasteiger partial charge in [-0.2, -0.15) is 0 Å². The lowest BCUT2D eigenvalue weighted by atomic mass is 10.1. The average molecular weight is 311 g/mol. The molecule has 2 aromatic carbocycles. The van der Waals surface area contributed by atoms with Crippen LogP contribution in [0.5, 0.6) is 11.5 Å². The van der Waals surface area contributed by atoms with Gasteiger partial charge in [-0.1, -0.05) is 6.07 Å². The molecule has 3 aromatic rings. The number of benzene rings is 2. The Balaban J connectivity index is 2.08. The molecule has 1 heterocycles. The van der Waals surface area contributed by atoms with Crippen molar-refractivity contribution in [2.75, 3.05) is 27.7 Å². The molecule has 4 nitrogen and oxygen atoms in total. The van der Waals surface area contributed by atoms with Gasteiger partial charge in [0.2, 0.25) is 0 Å². The van der Waals surface area contributed by atoms with Crippen molar-refractivity contribution in [3.8, 4) is 22.8 Å². The number of rotatable bonds is 5. The van der Waals surface area contributed by atoms with Crippen molar-refractivity contribution in [2.24, 2.45) is 0 Å². The van der Waals surface area contributed by atoms with Gasteiger partial charge < -0.3 is 19.2 Å². The van der Waals surface area contributed by atoms with E-state index in [4.69, 9.17) is 9.15 Å². The molecular weight excluding hydrogens is 290 g/mol. The lowest BCUT2D eigenvalue weighted by Gasteiger charge is -2.10. The van der Waals surface area contributed by atoms with E-state index in [-0.39, 0.29) is 5.75 Å². The molecule has 1 N–H and O–H groups in total. The molecule has 4 heteroatoms. The second-order valence-electron chi connectivity index (χ2n) is 5.88. The van der Waals surface area contributed by atoms with Gasteiger partial charge in [0.15, 0.2) is 11.3 Å². The number of aromatic hydroxyl groups is 1. The molecule has 0 bridgehead atoms. The minimum absolute atomic E-state index is 0.245. The highest BCUT2D eigenvalue weighted by Crippen LogP contribution is 2.36. The van der Waals surface area contributed by atoms with Crippen LogP contribution in [-0.4, -0.2) is 37.8 Å². The maximum absolute atomic E-state index is 9.44. The van der Waals surface area contributed by atoms with Crippen LogP contribution in [0.1, 0.15) is 5.56 Å². The normalized spacial score (nSPS) is 11.3. The Bertz CT molecular complexity index is 803. The summed E-state index contributed by atoms with van der Waals surface area (Å²) in [6.45, 7) is 0.973. The third-order valence-electron chi connectivity index (χ3n) is 3.94. The molecule has 0 fully saturated rings. The molecule has 0 unspecified atom stereocenters. The molecule has 120 valence electrons. The first-order chi connectivity index (χ1) is 11.1. The Morgan fingerprint density at radius 3 is 2.48 bits per heavy atom. The van der Waals surface area contributed by atoms with Crippen molar-refractivity contribution in [3.05, 3.63) is 48.0 Å². The number of hydrogen-bond acceptors (Lipinski definition) is 4. The molecule has 0 radical (unpaired) electrons. The Hall–Kier alpha value is -2.46. The van der Waals surface area contributed by atoms with E-state index in [1.807, 2.05) is 18.2 Å². The van der Waals surface area contributed by atoms with Crippen LogP contribution in [0.3, 0.4) is 0 Å². The molecule has 0 atom stereocenters. The fraction of sp³-hybridized carbons (Fsp3) is 0.263. The van der Waals surface area contributed by atoms with E-state index in [1.165, 1.54) is 5.56 Å². The van der Waals surface area contributed by atoms with Crippen LogP contribution in [-0.2, 0) is 6.42 Å². The van der Waals surface area contributed by atoms with E-state index in [2.05, 4.69) is 31.1 Å². The summed E-state index contributed by atoms with van der Waals surface area (Å²) in [5, 5.41) is 10.5. The number of hydrogen-bond donors (Lipinski definition) is 1. The lowest BCUT2D eigenvalue weighted by molar-refractivity contribution is 0.409. The summed E-state index contributed by atoms with van der Waals surface area (Å²) in [7, 11) is 5.78. The maximum Gasteiger partial charge on any atom is 0.176 e. The zero-order valence-corrected chi connectivity index (χ0v) is 13.7. The Labute approximate surface area is 135 Å². The van der Waals surface area contributed by atoms with Gasteiger partial charge >= 0.3 is 0 Å². The van der Waals surface area contributed by atoms with Gasteiger partial charge in [0.25, 0.3) is 0 Å². The Morgan fingerprint density at radius 2 is 1.83 bits per heavy atom. The molecule has 23 heavy (non-hydrogen) atoms. The van der Waals surface area contributed by atoms with E-state index in [9.17, 15) is 5.11 Å². The number of methoxy groups -OCH3 is 1. The zero-order valence-electron chi connectivity index (χ0n) is 13.7. The van der Waals surface area contributed by atoms with Gasteiger partial charge in [-0.05, 0) is 62.5 Å². The summed E-state index contributed by atoms with van der Waals surface area (Å²) in [6.07, 6.45) is 0.946. The predicted octanol–water partition coefficient (Wildman–Crippen LogP) is 3.92. The minimum atomic E-state index is 0.245. The molecule has 0 amide bonds. The first-order valence-corrected chi connectivity index (χ1v) is 7.62. The number of fused-ring (bicyclic) bond motifs is 1. The highest BCUT2D eigenvalue weighted by molar-refractivity contribution is 5.90. The standard InChI is InChI=1S/C19H21NO3/c1-20(2)11-10-13-6-9-17(22-3)19-16(13)12-18(23-19)14-4-7-15(21)8-5-14/h4-9,12,21H,10-11H2,1-3H3. The number of furan rings is 1. The molecule has 3 rings (SSSR count). The summed E-state index contributed by atoms with van der Waals surface area (Å²) in [4.78, 5) is 2.16. The first-order valence-electron chi connectivity index (χ1n) is 7.62. The van der Waals surface area contributed by atoms with Gasteiger partial charge in [-0.3, -0.25) is 0 Å². The van der Waals surface area contributed by atoms with Gasteiger partial charge in [-0.15, -0.1) is 0 Å². The zero-order chi connectivity index (χ0) is 16.4. The summed E-state index contributed by atoms with van der Waals surface area (Å²) in [5.41, 5.74) is 2.94. The van der Waals surface area contributed by atoms with Crippen molar-refractivity contribution < 1.29 is 14.3 Å². The minimum Gasteiger partial charge on any atom is -0.508 e. The topological polar surface area (TPSA) is 45.8 Å². The number of phenolic OH excluding ortho intramolecular Hbond substituents is 1. The fourth-order valence-corrected chi connectivity index (χ4v) is 2.65. The smallest absolute Gasteiger partial charge is 0.176 e. The van der Waals surface area contributed by atoms with E-state index in [0.29, 0.717) is 0 Å². The summed E-state index contributed by atoms with van der Waals surface area (Å²) >= 11 is 0. The van der Waals surface area contributed by atoms with Crippen molar-refractivity contribution in [3.63, 3.8) is 0 Å². The first kappa shape index (κ1) is 15.4. The molecule has 0 saturated heterocycles. The number of nitrogens with zero attached hydrogens (tertiary/aromatic N) is 1. The number of phenols is 1. The monoisotopic (exact) mass is 311 g/mol. The van der Waals surface area contributed by atoms with E-state index in [0.717, 1.165) is 41.0 Å². The quantitative estimate of drug-likeness (QED) is 0.776. The highest BCUT2D eigenvalue weighted by atomic mass is 16.5. The van der Waals surface area contributed by atoms with Crippen LogP contribution >= 0.6 is 0 Å². The van der Waals surface area contributed by atoms with Gasteiger partial charge in [-0.25, -0.2) is 0 Å². The van der Waals surface area contributed by atoms with Crippen molar-refractivity contribution in [2.45, 2.75) is 6.42 Å². The molecule has 0 aliphatic heterocycles. The summed E-state index contributed by atoms with van der Waals surface area (Å²) in [6, 6.07) is 13.1. The van der Waals surface area contributed by atoms with Crippen LogP contribution in [0.4, 0.5) is 0 Å². The van der Waals surface area contributed by atoms with E-state index in [1.54, 1.807) is 19.2 Å². The largest absolute Gasteiger partial charge is 0.508 e. The predicted molar refractivity (Wildman–Crippen MR) is 92.1 cm³/mol. The van der Waals surface area contributed by atoms with E-state index < -0.39 is 0 Å². The molecular formula is C19H21NO3. The molecule has 0 spiro atoms. The molecule has 1 aromatic heterocycles. The van der Waals surface area contributed by atoms with Crippen molar-refractivity contribution >= 4 is 11.0 Å². The highest BCUT2D eigenvalue weighted by Gasteiger charge is 2.14. The van der Waals surface area contributed by atoms with Crippen LogP contribution < -0.4 is 4.74 Å². The second-order valence-corrected chi connectivity index (χ2v) is 5.88. The van der Waals surface area contributed by atoms with Gasteiger partial charge in [0.05, 0.1) is 7.11 Å². The number of ether oxygens (including phenoxy) is 1. The summed E-state index contributed by atoms with van der Waals surface area (Å²) < 4.78 is 11.5. The third-order valence-corrected chi connectivity index (χ3v) is 3.94. The SMILES string of the molecule is COc1ccc(CCN(C)C)c2cc(-c3ccc(O)cc3)oc12.